The first kappa shape index (κ1) is 22.2. The summed E-state index contributed by atoms with van der Waals surface area (Å²) in [4.78, 5) is 17.1. The van der Waals surface area contributed by atoms with E-state index in [9.17, 15) is 9.90 Å². The quantitative estimate of drug-likeness (QED) is 0.464. The molecule has 2 amide bonds. The summed E-state index contributed by atoms with van der Waals surface area (Å²) in [6.07, 6.45) is 9.61. The fourth-order valence-electron chi connectivity index (χ4n) is 6.61. The molecule has 0 saturated heterocycles. The lowest BCUT2D eigenvalue weighted by Gasteiger charge is -2.55. The van der Waals surface area contributed by atoms with Crippen molar-refractivity contribution in [3.05, 3.63) is 66.6 Å². The molecule has 1 aliphatic heterocycles. The fraction of sp³-hybridized carbons (Fsp3) is 0.429. The molecule has 3 fully saturated rings. The lowest BCUT2D eigenvalue weighted by atomic mass is 9.54. The van der Waals surface area contributed by atoms with Gasteiger partial charge in [0.15, 0.2) is 0 Å². The lowest BCUT2D eigenvalue weighted by Crippen LogP contribution is -2.59. The molecule has 182 valence electrons. The maximum atomic E-state index is 12.8. The molecule has 3 N–H and O–H groups in total. The molecule has 4 aliphatic rings. The van der Waals surface area contributed by atoms with Gasteiger partial charge in [-0.3, -0.25) is 0 Å². The van der Waals surface area contributed by atoms with Crippen molar-refractivity contribution in [2.75, 3.05) is 12.4 Å². The fourth-order valence-corrected chi connectivity index (χ4v) is 6.61. The maximum Gasteiger partial charge on any atom is 0.319 e. The Labute approximate surface area is 205 Å². The highest BCUT2D eigenvalue weighted by molar-refractivity contribution is 5.89. The number of aliphatic hydroxyl groups excluding tert-OH is 1. The van der Waals surface area contributed by atoms with Crippen LogP contribution in [0.15, 0.2) is 61.1 Å². The van der Waals surface area contributed by atoms with E-state index in [0.29, 0.717) is 6.42 Å². The number of aromatic nitrogens is 2. The number of methoxy groups -OCH3 is 1. The number of carbonyl (C=O) groups is 1. The van der Waals surface area contributed by atoms with Gasteiger partial charge in [0.25, 0.3) is 0 Å². The Morgan fingerprint density at radius 1 is 1.11 bits per heavy atom. The Hall–Kier alpha value is -3.32. The van der Waals surface area contributed by atoms with Crippen LogP contribution >= 0.6 is 0 Å². The third kappa shape index (κ3) is 3.78. The van der Waals surface area contributed by atoms with Crippen molar-refractivity contribution < 1.29 is 14.6 Å². The van der Waals surface area contributed by atoms with E-state index >= 15 is 0 Å². The van der Waals surface area contributed by atoms with Crippen LogP contribution in [0.25, 0.3) is 11.3 Å². The largest absolute Gasteiger partial charge is 0.497 e. The van der Waals surface area contributed by atoms with Gasteiger partial charge in [0.1, 0.15) is 5.75 Å². The Kier molecular flexibility index (Phi) is 5.33. The van der Waals surface area contributed by atoms with Crippen LogP contribution in [-0.4, -0.2) is 39.4 Å². The zero-order chi connectivity index (χ0) is 24.0. The van der Waals surface area contributed by atoms with Gasteiger partial charge in [0.2, 0.25) is 0 Å². The Balaban J connectivity index is 1.10. The molecular weight excluding hydrogens is 440 g/mol. The van der Waals surface area contributed by atoms with E-state index in [1.807, 2.05) is 36.8 Å². The summed E-state index contributed by atoms with van der Waals surface area (Å²) in [5, 5.41) is 17.8. The van der Waals surface area contributed by atoms with Crippen LogP contribution in [0.3, 0.4) is 0 Å². The monoisotopic (exact) mass is 472 g/mol. The summed E-state index contributed by atoms with van der Waals surface area (Å²) in [5.41, 5.74) is 4.11. The van der Waals surface area contributed by atoms with Crippen molar-refractivity contribution in [3.8, 4) is 17.0 Å². The minimum atomic E-state index is -0.389. The van der Waals surface area contributed by atoms with Gasteiger partial charge in [-0.15, -0.1) is 0 Å². The molecule has 2 unspecified atom stereocenters. The molecule has 3 aliphatic carbocycles. The van der Waals surface area contributed by atoms with Gasteiger partial charge in [-0.2, -0.15) is 0 Å². The number of hydrogen-bond donors (Lipinski definition) is 3. The number of hydrogen-bond acceptors (Lipinski definition) is 4. The van der Waals surface area contributed by atoms with E-state index in [1.54, 1.807) is 7.11 Å². The summed E-state index contributed by atoms with van der Waals surface area (Å²) in [5.74, 6) is 0.759. The zero-order valence-corrected chi connectivity index (χ0v) is 20.0. The average Bonchev–Trinajstić information content (AvgIpc) is 3.48. The van der Waals surface area contributed by atoms with Crippen molar-refractivity contribution >= 4 is 11.7 Å². The molecule has 0 spiro atoms. The van der Waals surface area contributed by atoms with Gasteiger partial charge < -0.3 is 25.0 Å². The summed E-state index contributed by atoms with van der Waals surface area (Å²) in [6.45, 7) is 0. The number of aliphatic hydroxyl groups is 1. The predicted octanol–water partition coefficient (Wildman–Crippen LogP) is 5.13. The van der Waals surface area contributed by atoms with E-state index < -0.39 is 0 Å². The normalized spacial score (nSPS) is 27.1. The zero-order valence-electron chi connectivity index (χ0n) is 20.0. The number of imidazole rings is 1. The number of nitrogens with one attached hydrogen (secondary N) is 2. The molecule has 2 atom stereocenters. The summed E-state index contributed by atoms with van der Waals surface area (Å²) < 4.78 is 7.40. The molecule has 2 heterocycles. The molecule has 1 aromatic heterocycles. The first-order valence-electron chi connectivity index (χ1n) is 12.5. The van der Waals surface area contributed by atoms with Crippen LogP contribution in [0.4, 0.5) is 10.5 Å². The molecule has 2 bridgehead atoms. The van der Waals surface area contributed by atoms with Crippen LogP contribution in [0, 0.1) is 5.41 Å². The molecular formula is C28H32N4O3. The molecule has 7 nitrogen and oxygen atoms in total. The Morgan fingerprint density at radius 3 is 2.54 bits per heavy atom. The van der Waals surface area contributed by atoms with Crippen molar-refractivity contribution in [3.63, 3.8) is 0 Å². The number of fused-ring (bicyclic) bond motifs is 6. The van der Waals surface area contributed by atoms with E-state index in [-0.39, 0.29) is 29.1 Å². The first-order valence-corrected chi connectivity index (χ1v) is 12.5. The molecule has 7 rings (SSSR count). The van der Waals surface area contributed by atoms with Crippen LogP contribution in [0.1, 0.15) is 56.6 Å². The Bertz CT molecular complexity index is 1210. The Morgan fingerprint density at radius 2 is 1.83 bits per heavy atom. The third-order valence-electron chi connectivity index (χ3n) is 8.78. The van der Waals surface area contributed by atoms with Crippen molar-refractivity contribution in [1.82, 2.24) is 14.9 Å². The number of ether oxygens (including phenoxy) is 1. The number of nitrogens with zero attached hydrogens (tertiary/aromatic N) is 2. The van der Waals surface area contributed by atoms with E-state index in [1.165, 1.54) is 11.1 Å². The maximum absolute atomic E-state index is 12.8. The van der Waals surface area contributed by atoms with Gasteiger partial charge in [-0.25, -0.2) is 9.78 Å². The summed E-state index contributed by atoms with van der Waals surface area (Å²) in [7, 11) is 1.62. The van der Waals surface area contributed by atoms with Crippen LogP contribution in [0.5, 0.6) is 5.75 Å². The minimum absolute atomic E-state index is 0.0752. The van der Waals surface area contributed by atoms with E-state index in [0.717, 1.165) is 55.7 Å². The topological polar surface area (TPSA) is 88.4 Å². The standard InChI is InChI=1S/C28H32N4O3/c1-35-20-8-6-19(7-9-20)30-26(34)31-28-13-10-27(11-14-28,12-15-28)25(33)16-23-21-4-2-3-5-22(21)24-17-29-18-32(23)24/h2-9,17-18,23,25,33H,10-16H2,1H3,(H2,30,31,34). The van der Waals surface area contributed by atoms with Crippen LogP contribution in [-0.2, 0) is 0 Å². The number of amides is 2. The smallest absolute Gasteiger partial charge is 0.319 e. The molecule has 7 heteroatoms. The number of rotatable bonds is 6. The number of benzene rings is 2. The van der Waals surface area contributed by atoms with Crippen molar-refractivity contribution in [2.45, 2.75) is 62.6 Å². The molecule has 0 radical (unpaired) electrons. The number of carbonyl (C=O) groups excluding carboxylic acids is 1. The van der Waals surface area contributed by atoms with Gasteiger partial charge in [0, 0.05) is 16.8 Å². The number of anilines is 1. The highest BCUT2D eigenvalue weighted by atomic mass is 16.5. The van der Waals surface area contributed by atoms with E-state index in [4.69, 9.17) is 4.74 Å². The molecule has 3 saturated carbocycles. The van der Waals surface area contributed by atoms with E-state index in [2.05, 4.69) is 44.5 Å². The van der Waals surface area contributed by atoms with Crippen molar-refractivity contribution in [2.24, 2.45) is 5.41 Å². The second-order valence-corrected chi connectivity index (χ2v) is 10.5. The molecule has 2 aromatic carbocycles. The summed E-state index contributed by atoms with van der Waals surface area (Å²) >= 11 is 0. The predicted molar refractivity (Wildman–Crippen MR) is 134 cm³/mol. The second kappa shape index (κ2) is 8.41. The minimum Gasteiger partial charge on any atom is -0.497 e. The third-order valence-corrected chi connectivity index (χ3v) is 8.78. The highest BCUT2D eigenvalue weighted by Gasteiger charge is 2.53. The SMILES string of the molecule is COc1ccc(NC(=O)NC23CCC(C(O)CC4c5ccccc5-c5cncn54)(CC2)CC3)cc1. The van der Waals surface area contributed by atoms with Crippen LogP contribution in [0.2, 0.25) is 0 Å². The second-order valence-electron chi connectivity index (χ2n) is 10.5. The number of urea groups is 1. The van der Waals surface area contributed by atoms with Gasteiger partial charge in [-0.05, 0) is 80.2 Å². The molecule has 35 heavy (non-hydrogen) atoms. The molecule has 3 aromatic rings. The van der Waals surface area contributed by atoms with Gasteiger partial charge >= 0.3 is 6.03 Å². The summed E-state index contributed by atoms with van der Waals surface area (Å²) in [6, 6.07) is 15.8. The van der Waals surface area contributed by atoms with Gasteiger partial charge in [-0.1, -0.05) is 24.3 Å². The lowest BCUT2D eigenvalue weighted by molar-refractivity contribution is -0.0732. The highest BCUT2D eigenvalue weighted by Crippen LogP contribution is 2.56. The average molecular weight is 473 g/mol. The van der Waals surface area contributed by atoms with Crippen molar-refractivity contribution in [1.29, 1.82) is 0 Å². The van der Waals surface area contributed by atoms with Gasteiger partial charge in [0.05, 0.1) is 37.5 Å². The van der Waals surface area contributed by atoms with Crippen LogP contribution < -0.4 is 15.4 Å². The first-order chi connectivity index (χ1) is 17.0.